The van der Waals surface area contributed by atoms with Gasteiger partial charge in [0.05, 0.1) is 13.3 Å². The van der Waals surface area contributed by atoms with Crippen LogP contribution in [0.3, 0.4) is 0 Å². The number of aromatic nitrogens is 3. The van der Waals surface area contributed by atoms with Gasteiger partial charge < -0.3 is 19.3 Å². The average Bonchev–Trinajstić information content (AvgIpc) is 3.27. The van der Waals surface area contributed by atoms with E-state index in [1.165, 1.54) is 13.2 Å². The molecular weight excluding hydrogens is 360 g/mol. The second-order valence-corrected chi connectivity index (χ2v) is 5.90. The van der Waals surface area contributed by atoms with Crippen LogP contribution in [0.2, 0.25) is 5.02 Å². The minimum Gasteiger partial charge on any atom is -0.493 e. The maximum Gasteiger partial charge on any atom is 0.273 e. The highest BCUT2D eigenvalue weighted by atomic mass is 35.5. The molecule has 0 aliphatic heterocycles. The van der Waals surface area contributed by atoms with Crippen molar-refractivity contribution in [2.75, 3.05) is 7.11 Å². The van der Waals surface area contributed by atoms with Gasteiger partial charge in [-0.1, -0.05) is 16.8 Å². The lowest BCUT2D eigenvalue weighted by atomic mass is 10.3. The van der Waals surface area contributed by atoms with Gasteiger partial charge in [0.15, 0.2) is 23.0 Å². The third kappa shape index (κ3) is 4.34. The summed E-state index contributed by atoms with van der Waals surface area (Å²) in [4.78, 5) is 12.1. The molecule has 1 amide bonds. The zero-order valence-electron chi connectivity index (χ0n) is 14.2. The minimum atomic E-state index is -0.340. The number of nitrogens with one attached hydrogen (secondary N) is 1. The maximum atomic E-state index is 12.1. The summed E-state index contributed by atoms with van der Waals surface area (Å²) in [5.74, 6) is 1.09. The van der Waals surface area contributed by atoms with Crippen molar-refractivity contribution in [1.82, 2.24) is 20.3 Å². The molecule has 3 rings (SSSR count). The Balaban J connectivity index is 1.56. The molecule has 136 valence electrons. The van der Waals surface area contributed by atoms with E-state index in [9.17, 15) is 4.79 Å². The molecule has 0 atom stereocenters. The summed E-state index contributed by atoms with van der Waals surface area (Å²) in [6, 6.07) is 6.56. The number of carbonyl (C=O) groups is 1. The molecule has 1 N–H and O–H groups in total. The third-order valence-electron chi connectivity index (χ3n) is 3.50. The fourth-order valence-corrected chi connectivity index (χ4v) is 2.40. The molecular formula is C17H17ClN4O4. The van der Waals surface area contributed by atoms with Gasteiger partial charge in [0.1, 0.15) is 6.61 Å². The first kappa shape index (κ1) is 17.8. The van der Waals surface area contributed by atoms with Crippen LogP contribution >= 0.6 is 11.6 Å². The van der Waals surface area contributed by atoms with Crippen molar-refractivity contribution in [2.45, 2.75) is 13.2 Å². The van der Waals surface area contributed by atoms with Crippen molar-refractivity contribution < 1.29 is 18.8 Å². The first-order chi connectivity index (χ1) is 12.5. The normalized spacial score (nSPS) is 10.6. The van der Waals surface area contributed by atoms with Gasteiger partial charge in [0.25, 0.3) is 5.91 Å². The number of nitrogens with zero attached hydrogens (tertiary/aromatic N) is 3. The summed E-state index contributed by atoms with van der Waals surface area (Å²) in [5, 5.41) is 11.1. The van der Waals surface area contributed by atoms with Crippen molar-refractivity contribution in [2.24, 2.45) is 7.05 Å². The van der Waals surface area contributed by atoms with E-state index < -0.39 is 0 Å². The van der Waals surface area contributed by atoms with E-state index in [1.54, 1.807) is 29.1 Å². The zero-order chi connectivity index (χ0) is 18.5. The van der Waals surface area contributed by atoms with Crippen LogP contribution in [-0.2, 0) is 20.2 Å². The summed E-state index contributed by atoms with van der Waals surface area (Å²) in [6.07, 6.45) is 3.50. The number of amides is 1. The molecule has 1 aromatic carbocycles. The number of ether oxygens (including phenoxy) is 2. The van der Waals surface area contributed by atoms with Crippen molar-refractivity contribution in [1.29, 1.82) is 0 Å². The predicted molar refractivity (Wildman–Crippen MR) is 93.2 cm³/mol. The fourth-order valence-electron chi connectivity index (χ4n) is 2.23. The van der Waals surface area contributed by atoms with E-state index in [4.69, 9.17) is 25.6 Å². The largest absolute Gasteiger partial charge is 0.493 e. The second-order valence-electron chi connectivity index (χ2n) is 5.47. The molecule has 0 aliphatic carbocycles. The predicted octanol–water partition coefficient (Wildman–Crippen LogP) is 2.58. The van der Waals surface area contributed by atoms with Crippen LogP contribution in [0.15, 0.2) is 41.2 Å². The standard InChI is InChI=1S/C17H17ClN4O4/c1-22-9-11(8-20-22)7-19-17(23)14-6-13(26-21-14)10-25-15-4-3-12(18)5-16(15)24-2/h3-6,8-9H,7,10H2,1-2H3,(H,19,23). The second kappa shape index (κ2) is 7.92. The fraction of sp³-hybridized carbons (Fsp3) is 0.235. The molecule has 8 nitrogen and oxygen atoms in total. The molecule has 0 unspecified atom stereocenters. The third-order valence-corrected chi connectivity index (χ3v) is 3.73. The Morgan fingerprint density at radius 3 is 2.92 bits per heavy atom. The molecule has 0 bridgehead atoms. The molecule has 2 heterocycles. The van der Waals surface area contributed by atoms with E-state index in [0.29, 0.717) is 28.8 Å². The molecule has 2 aromatic heterocycles. The number of rotatable bonds is 7. The molecule has 0 aliphatic rings. The van der Waals surface area contributed by atoms with Crippen LogP contribution in [0.5, 0.6) is 11.5 Å². The Morgan fingerprint density at radius 2 is 2.19 bits per heavy atom. The summed E-state index contributed by atoms with van der Waals surface area (Å²) in [7, 11) is 3.34. The Morgan fingerprint density at radius 1 is 1.35 bits per heavy atom. The number of carbonyl (C=O) groups excluding carboxylic acids is 1. The lowest BCUT2D eigenvalue weighted by Crippen LogP contribution is -2.22. The molecule has 0 spiro atoms. The van der Waals surface area contributed by atoms with Gasteiger partial charge in [0, 0.05) is 42.5 Å². The first-order valence-electron chi connectivity index (χ1n) is 7.73. The van der Waals surface area contributed by atoms with Gasteiger partial charge in [-0.15, -0.1) is 0 Å². The maximum absolute atomic E-state index is 12.1. The molecule has 9 heteroatoms. The SMILES string of the molecule is COc1cc(Cl)ccc1OCc1cc(C(=O)NCc2cnn(C)c2)no1. The van der Waals surface area contributed by atoms with E-state index in [2.05, 4.69) is 15.6 Å². The highest BCUT2D eigenvalue weighted by Gasteiger charge is 2.14. The van der Waals surface area contributed by atoms with E-state index in [-0.39, 0.29) is 18.2 Å². The number of benzene rings is 1. The highest BCUT2D eigenvalue weighted by Crippen LogP contribution is 2.30. The van der Waals surface area contributed by atoms with Gasteiger partial charge >= 0.3 is 0 Å². The van der Waals surface area contributed by atoms with E-state index >= 15 is 0 Å². The van der Waals surface area contributed by atoms with Gasteiger partial charge in [-0.3, -0.25) is 9.48 Å². The van der Waals surface area contributed by atoms with Crippen molar-refractivity contribution in [3.8, 4) is 11.5 Å². The van der Waals surface area contributed by atoms with Gasteiger partial charge in [-0.05, 0) is 12.1 Å². The molecule has 0 fully saturated rings. The summed E-state index contributed by atoms with van der Waals surface area (Å²) in [6.45, 7) is 0.453. The molecule has 0 saturated heterocycles. The number of methoxy groups -OCH3 is 1. The smallest absolute Gasteiger partial charge is 0.273 e. The lowest BCUT2D eigenvalue weighted by molar-refractivity contribution is 0.0941. The van der Waals surface area contributed by atoms with Crippen LogP contribution in [0.25, 0.3) is 0 Å². The van der Waals surface area contributed by atoms with Gasteiger partial charge in [-0.2, -0.15) is 5.10 Å². The van der Waals surface area contributed by atoms with Crippen LogP contribution in [-0.4, -0.2) is 28.0 Å². The average molecular weight is 377 g/mol. The first-order valence-corrected chi connectivity index (χ1v) is 8.10. The van der Waals surface area contributed by atoms with Crippen LogP contribution < -0.4 is 14.8 Å². The van der Waals surface area contributed by atoms with E-state index in [1.807, 2.05) is 13.2 Å². The molecule has 26 heavy (non-hydrogen) atoms. The van der Waals surface area contributed by atoms with E-state index in [0.717, 1.165) is 5.56 Å². The lowest BCUT2D eigenvalue weighted by Gasteiger charge is -2.09. The van der Waals surface area contributed by atoms with Crippen LogP contribution in [0, 0.1) is 0 Å². The Bertz CT molecular complexity index is 906. The quantitative estimate of drug-likeness (QED) is 0.681. The monoisotopic (exact) mass is 376 g/mol. The van der Waals surface area contributed by atoms with Crippen LogP contribution in [0.4, 0.5) is 0 Å². The summed E-state index contributed by atoms with van der Waals surface area (Å²) < 4.78 is 17.6. The number of halogens is 1. The summed E-state index contributed by atoms with van der Waals surface area (Å²) in [5.41, 5.74) is 1.07. The van der Waals surface area contributed by atoms with Crippen molar-refractivity contribution in [3.63, 3.8) is 0 Å². The number of aryl methyl sites for hydroxylation is 1. The molecule has 0 radical (unpaired) electrons. The summed E-state index contributed by atoms with van der Waals surface area (Å²) >= 11 is 5.91. The minimum absolute atomic E-state index is 0.0981. The Labute approximate surface area is 154 Å². The Hall–Kier alpha value is -3.00. The molecule has 3 aromatic rings. The Kier molecular flexibility index (Phi) is 5.43. The highest BCUT2D eigenvalue weighted by molar-refractivity contribution is 6.30. The van der Waals surface area contributed by atoms with Crippen LogP contribution in [0.1, 0.15) is 21.8 Å². The van der Waals surface area contributed by atoms with Crippen molar-refractivity contribution in [3.05, 3.63) is 58.7 Å². The number of hydrogen-bond donors (Lipinski definition) is 1. The zero-order valence-corrected chi connectivity index (χ0v) is 15.0. The van der Waals surface area contributed by atoms with Crippen molar-refractivity contribution >= 4 is 17.5 Å². The van der Waals surface area contributed by atoms with Gasteiger partial charge in [-0.25, -0.2) is 0 Å². The van der Waals surface area contributed by atoms with Gasteiger partial charge in [0.2, 0.25) is 0 Å². The molecule has 0 saturated carbocycles. The number of hydrogen-bond acceptors (Lipinski definition) is 6. The topological polar surface area (TPSA) is 91.4 Å².